The zero-order valence-corrected chi connectivity index (χ0v) is 9.28. The molecule has 0 amide bonds. The lowest BCUT2D eigenvalue weighted by Gasteiger charge is -2.11. The van der Waals surface area contributed by atoms with Crippen molar-refractivity contribution in [1.29, 1.82) is 0 Å². The molecule has 0 bridgehead atoms. The Bertz CT molecular complexity index is 273. The summed E-state index contributed by atoms with van der Waals surface area (Å²) in [5.41, 5.74) is 0. The highest BCUT2D eigenvalue weighted by atomic mass is 16.5. The zero-order valence-electron chi connectivity index (χ0n) is 9.28. The summed E-state index contributed by atoms with van der Waals surface area (Å²) < 4.78 is 4.68. The highest BCUT2D eigenvalue weighted by molar-refractivity contribution is 4.83. The van der Waals surface area contributed by atoms with E-state index in [0.29, 0.717) is 6.04 Å². The average Bonchev–Trinajstić information content (AvgIpc) is 2.88. The molecule has 1 aromatic heterocycles. The van der Waals surface area contributed by atoms with Gasteiger partial charge in [-0.1, -0.05) is 18.5 Å². The predicted octanol–water partition coefficient (Wildman–Crippen LogP) is 1.78. The number of hydrogen-bond acceptors (Lipinski definition) is 4. The lowest BCUT2D eigenvalue weighted by atomic mass is 10.1. The van der Waals surface area contributed by atoms with E-state index in [1.165, 1.54) is 32.1 Å². The van der Waals surface area contributed by atoms with E-state index in [9.17, 15) is 0 Å². The van der Waals surface area contributed by atoms with Gasteiger partial charge in [0.15, 0.2) is 5.82 Å². The largest absolute Gasteiger partial charge is 0.343 e. The van der Waals surface area contributed by atoms with Crippen LogP contribution in [0, 0.1) is 5.92 Å². The highest BCUT2D eigenvalue weighted by Crippen LogP contribution is 2.27. The minimum absolute atomic E-state index is 0.710. The summed E-state index contributed by atoms with van der Waals surface area (Å²) in [6.45, 7) is 3.24. The van der Waals surface area contributed by atoms with E-state index >= 15 is 0 Å². The number of aromatic nitrogens is 2. The molecule has 15 heavy (non-hydrogen) atoms. The number of nitrogens with zero attached hydrogens (tertiary/aromatic N) is 2. The van der Waals surface area contributed by atoms with Crippen LogP contribution < -0.4 is 5.32 Å². The van der Waals surface area contributed by atoms with E-state index in [-0.39, 0.29) is 0 Å². The molecular formula is C11H19N3O. The fraction of sp³-hybridized carbons (Fsp3) is 0.818. The Morgan fingerprint density at radius 2 is 2.47 bits per heavy atom. The van der Waals surface area contributed by atoms with Crippen LogP contribution in [0.15, 0.2) is 10.9 Å². The molecule has 0 saturated heterocycles. The first-order valence-electron chi connectivity index (χ1n) is 5.87. The Labute approximate surface area is 90.4 Å². The Morgan fingerprint density at radius 3 is 3.13 bits per heavy atom. The summed E-state index contributed by atoms with van der Waals surface area (Å²) >= 11 is 0. The standard InChI is InChI=1S/C11H19N3O/c1-2-9-3-4-10(7-9)12-6-5-11-13-8-15-14-11/h8-10,12H,2-7H2,1H3. The van der Waals surface area contributed by atoms with Crippen LogP contribution in [-0.4, -0.2) is 22.7 Å². The second kappa shape index (κ2) is 5.26. The molecule has 0 aromatic carbocycles. The third-order valence-electron chi connectivity index (χ3n) is 3.31. The first kappa shape index (κ1) is 10.6. The molecule has 1 N–H and O–H groups in total. The third-order valence-corrected chi connectivity index (χ3v) is 3.31. The first-order chi connectivity index (χ1) is 7.38. The van der Waals surface area contributed by atoms with Crippen molar-refractivity contribution in [3.8, 4) is 0 Å². The summed E-state index contributed by atoms with van der Waals surface area (Å²) in [7, 11) is 0. The zero-order chi connectivity index (χ0) is 10.5. The third kappa shape index (κ3) is 3.02. The number of nitrogens with one attached hydrogen (secondary N) is 1. The van der Waals surface area contributed by atoms with Gasteiger partial charge in [-0.25, -0.2) is 0 Å². The van der Waals surface area contributed by atoms with Crippen LogP contribution in [0.3, 0.4) is 0 Å². The van der Waals surface area contributed by atoms with Crippen molar-refractivity contribution in [2.45, 2.75) is 45.1 Å². The van der Waals surface area contributed by atoms with Crippen LogP contribution in [0.4, 0.5) is 0 Å². The van der Waals surface area contributed by atoms with E-state index in [1.807, 2.05) is 0 Å². The van der Waals surface area contributed by atoms with Crippen molar-refractivity contribution in [2.75, 3.05) is 6.54 Å². The summed E-state index contributed by atoms with van der Waals surface area (Å²) in [5, 5.41) is 7.35. The van der Waals surface area contributed by atoms with Gasteiger partial charge in [0.25, 0.3) is 0 Å². The van der Waals surface area contributed by atoms with E-state index in [1.54, 1.807) is 0 Å². The molecule has 2 atom stereocenters. The maximum Gasteiger partial charge on any atom is 0.213 e. The Balaban J connectivity index is 1.63. The summed E-state index contributed by atoms with van der Waals surface area (Å²) in [6, 6.07) is 0.710. The molecule has 0 radical (unpaired) electrons. The Hall–Kier alpha value is -0.900. The van der Waals surface area contributed by atoms with Crippen LogP contribution in [0.2, 0.25) is 0 Å². The van der Waals surface area contributed by atoms with Crippen molar-refractivity contribution < 1.29 is 4.52 Å². The van der Waals surface area contributed by atoms with E-state index in [0.717, 1.165) is 24.7 Å². The van der Waals surface area contributed by atoms with Gasteiger partial charge >= 0.3 is 0 Å². The molecule has 4 nitrogen and oxygen atoms in total. The molecule has 84 valence electrons. The lowest BCUT2D eigenvalue weighted by molar-refractivity contribution is 0.407. The molecule has 2 unspecified atom stereocenters. The van der Waals surface area contributed by atoms with Crippen molar-refractivity contribution in [3.63, 3.8) is 0 Å². The van der Waals surface area contributed by atoms with Crippen LogP contribution in [0.1, 0.15) is 38.4 Å². The average molecular weight is 209 g/mol. The van der Waals surface area contributed by atoms with Gasteiger partial charge in [-0.3, -0.25) is 0 Å². The SMILES string of the molecule is CCC1CCC(NCCc2ncon2)C1. The van der Waals surface area contributed by atoms with Crippen molar-refractivity contribution >= 4 is 0 Å². The minimum atomic E-state index is 0.710. The van der Waals surface area contributed by atoms with Crippen LogP contribution in [0.25, 0.3) is 0 Å². The Morgan fingerprint density at radius 1 is 1.53 bits per heavy atom. The lowest BCUT2D eigenvalue weighted by Crippen LogP contribution is -2.28. The summed E-state index contributed by atoms with van der Waals surface area (Å²) in [6.07, 6.45) is 7.62. The van der Waals surface area contributed by atoms with Gasteiger partial charge in [0.2, 0.25) is 6.39 Å². The monoisotopic (exact) mass is 209 g/mol. The topological polar surface area (TPSA) is 51.0 Å². The van der Waals surface area contributed by atoms with Crippen LogP contribution >= 0.6 is 0 Å². The molecule has 1 heterocycles. The molecular weight excluding hydrogens is 190 g/mol. The molecule has 1 fully saturated rings. The van der Waals surface area contributed by atoms with Gasteiger partial charge in [0.1, 0.15) is 0 Å². The summed E-state index contributed by atoms with van der Waals surface area (Å²) in [5.74, 6) is 1.74. The molecule has 4 heteroatoms. The molecule has 2 rings (SSSR count). The first-order valence-corrected chi connectivity index (χ1v) is 5.87. The molecule has 1 saturated carbocycles. The minimum Gasteiger partial charge on any atom is -0.343 e. The van der Waals surface area contributed by atoms with Gasteiger partial charge in [-0.05, 0) is 25.2 Å². The smallest absolute Gasteiger partial charge is 0.213 e. The van der Waals surface area contributed by atoms with Crippen LogP contribution in [-0.2, 0) is 6.42 Å². The van der Waals surface area contributed by atoms with E-state index in [4.69, 9.17) is 0 Å². The van der Waals surface area contributed by atoms with Crippen LogP contribution in [0.5, 0.6) is 0 Å². The molecule has 1 aliphatic rings. The molecule has 1 aromatic rings. The number of rotatable bonds is 5. The molecule has 0 spiro atoms. The van der Waals surface area contributed by atoms with Crippen molar-refractivity contribution in [3.05, 3.63) is 12.2 Å². The van der Waals surface area contributed by atoms with Gasteiger partial charge in [-0.15, -0.1) is 0 Å². The van der Waals surface area contributed by atoms with Crippen molar-refractivity contribution in [2.24, 2.45) is 5.92 Å². The predicted molar refractivity (Wildman–Crippen MR) is 57.4 cm³/mol. The second-order valence-electron chi connectivity index (χ2n) is 4.34. The fourth-order valence-electron chi connectivity index (χ4n) is 2.32. The fourth-order valence-corrected chi connectivity index (χ4v) is 2.32. The van der Waals surface area contributed by atoms with Gasteiger partial charge in [0.05, 0.1) is 0 Å². The van der Waals surface area contributed by atoms with Gasteiger partial charge < -0.3 is 9.84 Å². The maximum absolute atomic E-state index is 4.68. The normalized spacial score (nSPS) is 25.9. The van der Waals surface area contributed by atoms with Gasteiger partial charge in [-0.2, -0.15) is 4.98 Å². The Kier molecular flexibility index (Phi) is 3.72. The van der Waals surface area contributed by atoms with Gasteiger partial charge in [0, 0.05) is 19.0 Å². The summed E-state index contributed by atoms with van der Waals surface area (Å²) in [4.78, 5) is 3.99. The second-order valence-corrected chi connectivity index (χ2v) is 4.34. The highest BCUT2D eigenvalue weighted by Gasteiger charge is 2.22. The molecule has 0 aliphatic heterocycles. The quantitative estimate of drug-likeness (QED) is 0.803. The van der Waals surface area contributed by atoms with Crippen molar-refractivity contribution in [1.82, 2.24) is 15.5 Å². The number of hydrogen-bond donors (Lipinski definition) is 1. The van der Waals surface area contributed by atoms with E-state index in [2.05, 4.69) is 26.9 Å². The maximum atomic E-state index is 4.68. The molecule has 1 aliphatic carbocycles. The van der Waals surface area contributed by atoms with E-state index < -0.39 is 0 Å².